The SMILES string of the molecule is CC=CC(=CC)OC(C)C(=O)OC. The van der Waals surface area contributed by atoms with Gasteiger partial charge in [0.05, 0.1) is 7.11 Å². The molecule has 0 fully saturated rings. The van der Waals surface area contributed by atoms with E-state index in [9.17, 15) is 4.79 Å². The van der Waals surface area contributed by atoms with Crippen molar-refractivity contribution in [2.24, 2.45) is 0 Å². The normalized spacial score (nSPS) is 14.3. The summed E-state index contributed by atoms with van der Waals surface area (Å²) in [6.45, 7) is 5.38. The Bertz CT molecular complexity index is 216. The summed E-state index contributed by atoms with van der Waals surface area (Å²) in [7, 11) is 1.34. The fraction of sp³-hybridized carbons (Fsp3) is 0.500. The fourth-order valence-electron chi connectivity index (χ4n) is 0.786. The lowest BCUT2D eigenvalue weighted by molar-refractivity contribution is -0.150. The van der Waals surface area contributed by atoms with Crippen molar-refractivity contribution in [3.8, 4) is 0 Å². The number of ether oxygens (including phenoxy) is 2. The van der Waals surface area contributed by atoms with Crippen LogP contribution in [0.15, 0.2) is 24.0 Å². The van der Waals surface area contributed by atoms with Crippen LogP contribution in [0, 0.1) is 0 Å². The molecule has 3 heteroatoms. The fourth-order valence-corrected chi connectivity index (χ4v) is 0.786. The number of hydrogen-bond donors (Lipinski definition) is 0. The molecular formula is C10H16O3. The molecule has 0 rings (SSSR count). The average molecular weight is 184 g/mol. The Labute approximate surface area is 79.0 Å². The van der Waals surface area contributed by atoms with Crippen LogP contribution in [0.2, 0.25) is 0 Å². The van der Waals surface area contributed by atoms with Crippen LogP contribution < -0.4 is 0 Å². The number of allylic oxidation sites excluding steroid dienone is 3. The molecule has 0 aromatic heterocycles. The van der Waals surface area contributed by atoms with Crippen molar-refractivity contribution in [2.45, 2.75) is 26.9 Å². The van der Waals surface area contributed by atoms with E-state index in [4.69, 9.17) is 4.74 Å². The van der Waals surface area contributed by atoms with E-state index >= 15 is 0 Å². The van der Waals surface area contributed by atoms with Crippen LogP contribution >= 0.6 is 0 Å². The van der Waals surface area contributed by atoms with E-state index in [1.807, 2.05) is 19.9 Å². The van der Waals surface area contributed by atoms with Gasteiger partial charge in [0.2, 0.25) is 0 Å². The highest BCUT2D eigenvalue weighted by atomic mass is 16.6. The highest BCUT2D eigenvalue weighted by Gasteiger charge is 2.14. The number of esters is 1. The summed E-state index contributed by atoms with van der Waals surface area (Å²) in [5.74, 6) is 0.296. The van der Waals surface area contributed by atoms with E-state index < -0.39 is 6.10 Å². The lowest BCUT2D eigenvalue weighted by Gasteiger charge is -2.12. The van der Waals surface area contributed by atoms with Gasteiger partial charge in [-0.1, -0.05) is 6.08 Å². The standard InChI is InChI=1S/C10H16O3/c1-5-7-9(6-2)13-8(3)10(11)12-4/h5-8H,1-4H3. The van der Waals surface area contributed by atoms with E-state index in [0.717, 1.165) is 0 Å². The molecule has 0 aromatic rings. The zero-order chi connectivity index (χ0) is 10.3. The summed E-state index contributed by atoms with van der Waals surface area (Å²) in [5, 5.41) is 0. The minimum absolute atomic E-state index is 0.371. The molecule has 0 spiro atoms. The predicted octanol–water partition coefficient (Wildman–Crippen LogP) is 2.04. The summed E-state index contributed by atoms with van der Waals surface area (Å²) >= 11 is 0. The first-order valence-electron chi connectivity index (χ1n) is 4.19. The van der Waals surface area contributed by atoms with Gasteiger partial charge in [0, 0.05) is 0 Å². The summed E-state index contributed by atoms with van der Waals surface area (Å²) in [6, 6.07) is 0. The van der Waals surface area contributed by atoms with Gasteiger partial charge < -0.3 is 9.47 Å². The molecule has 13 heavy (non-hydrogen) atoms. The van der Waals surface area contributed by atoms with Gasteiger partial charge in [-0.25, -0.2) is 4.79 Å². The highest BCUT2D eigenvalue weighted by Crippen LogP contribution is 2.05. The van der Waals surface area contributed by atoms with Gasteiger partial charge in [-0.3, -0.25) is 0 Å². The van der Waals surface area contributed by atoms with Gasteiger partial charge in [0.15, 0.2) is 6.10 Å². The van der Waals surface area contributed by atoms with Crippen LogP contribution in [0.1, 0.15) is 20.8 Å². The lowest BCUT2D eigenvalue weighted by Crippen LogP contribution is -2.21. The number of methoxy groups -OCH3 is 1. The largest absolute Gasteiger partial charge is 0.479 e. The molecule has 0 bridgehead atoms. The number of carbonyl (C=O) groups excluding carboxylic acids is 1. The van der Waals surface area contributed by atoms with Crippen molar-refractivity contribution < 1.29 is 14.3 Å². The van der Waals surface area contributed by atoms with Gasteiger partial charge in [0.25, 0.3) is 0 Å². The Kier molecular flexibility index (Phi) is 5.68. The Hall–Kier alpha value is -1.25. The van der Waals surface area contributed by atoms with E-state index in [0.29, 0.717) is 5.76 Å². The van der Waals surface area contributed by atoms with Crippen LogP contribution in [0.3, 0.4) is 0 Å². The van der Waals surface area contributed by atoms with Crippen LogP contribution in [0.5, 0.6) is 0 Å². The number of rotatable bonds is 4. The molecule has 0 saturated heterocycles. The third-order valence-corrected chi connectivity index (χ3v) is 1.46. The molecule has 0 aliphatic rings. The summed E-state index contributed by atoms with van der Waals surface area (Å²) in [6.07, 6.45) is 4.87. The van der Waals surface area contributed by atoms with Gasteiger partial charge in [-0.2, -0.15) is 0 Å². The molecule has 0 N–H and O–H groups in total. The molecular weight excluding hydrogens is 168 g/mol. The summed E-state index contributed by atoms with van der Waals surface area (Å²) < 4.78 is 9.81. The first kappa shape index (κ1) is 11.8. The van der Waals surface area contributed by atoms with E-state index in [2.05, 4.69) is 4.74 Å². The zero-order valence-electron chi connectivity index (χ0n) is 8.53. The summed E-state index contributed by atoms with van der Waals surface area (Å²) in [4.78, 5) is 11.0. The third kappa shape index (κ3) is 4.35. The zero-order valence-corrected chi connectivity index (χ0v) is 8.53. The quantitative estimate of drug-likeness (QED) is 0.381. The Morgan fingerprint density at radius 3 is 2.38 bits per heavy atom. The van der Waals surface area contributed by atoms with E-state index in [1.165, 1.54) is 7.11 Å². The Balaban J connectivity index is 4.17. The van der Waals surface area contributed by atoms with Crippen LogP contribution in [-0.2, 0) is 14.3 Å². The topological polar surface area (TPSA) is 35.5 Å². The van der Waals surface area contributed by atoms with E-state index in [1.54, 1.807) is 19.1 Å². The predicted molar refractivity (Wildman–Crippen MR) is 51.1 cm³/mol. The van der Waals surface area contributed by atoms with Crippen molar-refractivity contribution >= 4 is 5.97 Å². The highest BCUT2D eigenvalue weighted by molar-refractivity contribution is 5.74. The van der Waals surface area contributed by atoms with Gasteiger partial charge >= 0.3 is 5.97 Å². The molecule has 0 aliphatic heterocycles. The molecule has 0 radical (unpaired) electrons. The van der Waals surface area contributed by atoms with Crippen LogP contribution in [-0.4, -0.2) is 19.2 Å². The van der Waals surface area contributed by atoms with Gasteiger partial charge in [-0.15, -0.1) is 0 Å². The second-order valence-corrected chi connectivity index (χ2v) is 2.47. The first-order chi connectivity index (χ1) is 6.15. The van der Waals surface area contributed by atoms with Crippen LogP contribution in [0.25, 0.3) is 0 Å². The van der Waals surface area contributed by atoms with Crippen molar-refractivity contribution in [3.63, 3.8) is 0 Å². The molecule has 3 nitrogen and oxygen atoms in total. The average Bonchev–Trinajstić information content (AvgIpc) is 2.15. The minimum Gasteiger partial charge on any atom is -0.479 e. The molecule has 0 heterocycles. The Morgan fingerprint density at radius 1 is 1.38 bits per heavy atom. The maximum atomic E-state index is 11.0. The maximum absolute atomic E-state index is 11.0. The monoisotopic (exact) mass is 184 g/mol. The van der Waals surface area contributed by atoms with Crippen molar-refractivity contribution in [1.82, 2.24) is 0 Å². The van der Waals surface area contributed by atoms with Gasteiger partial charge in [0.1, 0.15) is 5.76 Å². The molecule has 0 saturated carbocycles. The molecule has 1 unspecified atom stereocenters. The third-order valence-electron chi connectivity index (χ3n) is 1.46. The molecule has 1 atom stereocenters. The smallest absolute Gasteiger partial charge is 0.346 e. The molecule has 0 aliphatic carbocycles. The second kappa shape index (κ2) is 6.29. The number of hydrogen-bond acceptors (Lipinski definition) is 3. The van der Waals surface area contributed by atoms with Crippen molar-refractivity contribution in [3.05, 3.63) is 24.0 Å². The Morgan fingerprint density at radius 2 is 2.00 bits per heavy atom. The van der Waals surface area contributed by atoms with Crippen molar-refractivity contribution in [1.29, 1.82) is 0 Å². The lowest BCUT2D eigenvalue weighted by atomic mass is 10.3. The van der Waals surface area contributed by atoms with E-state index in [-0.39, 0.29) is 5.97 Å². The maximum Gasteiger partial charge on any atom is 0.346 e. The molecule has 0 amide bonds. The van der Waals surface area contributed by atoms with Gasteiger partial charge in [-0.05, 0) is 32.9 Å². The molecule has 74 valence electrons. The van der Waals surface area contributed by atoms with Crippen molar-refractivity contribution in [2.75, 3.05) is 7.11 Å². The summed E-state index contributed by atoms with van der Waals surface area (Å²) in [5.41, 5.74) is 0. The van der Waals surface area contributed by atoms with Crippen LogP contribution in [0.4, 0.5) is 0 Å². The second-order valence-electron chi connectivity index (χ2n) is 2.47. The molecule has 0 aromatic carbocycles. The minimum atomic E-state index is -0.563. The number of carbonyl (C=O) groups is 1. The first-order valence-corrected chi connectivity index (χ1v) is 4.19.